The van der Waals surface area contributed by atoms with Crippen molar-refractivity contribution in [1.29, 1.82) is 0 Å². The molecule has 0 radical (unpaired) electrons. The minimum absolute atomic E-state index is 0.355. The Morgan fingerprint density at radius 1 is 0.700 bits per heavy atom. The molecule has 1 fully saturated rings. The van der Waals surface area contributed by atoms with Gasteiger partial charge in [0.2, 0.25) is 0 Å². The molecule has 2 aliphatic rings. The van der Waals surface area contributed by atoms with E-state index >= 15 is 0 Å². The van der Waals surface area contributed by atoms with Crippen LogP contribution in [0.25, 0.3) is 22.3 Å². The lowest BCUT2D eigenvalue weighted by molar-refractivity contribution is 0.00578. The summed E-state index contributed by atoms with van der Waals surface area (Å²) in [5, 5.41) is 0. The van der Waals surface area contributed by atoms with Gasteiger partial charge in [-0.1, -0.05) is 60.7 Å². The summed E-state index contributed by atoms with van der Waals surface area (Å²) in [6.07, 6.45) is 4.83. The molecule has 0 aliphatic carbocycles. The highest BCUT2D eigenvalue weighted by molar-refractivity contribution is 8.33. The fourth-order valence-electron chi connectivity index (χ4n) is 4.59. The monoisotopic (exact) mass is 416 g/mol. The van der Waals surface area contributed by atoms with Gasteiger partial charge in [-0.3, -0.25) is 0 Å². The van der Waals surface area contributed by atoms with Gasteiger partial charge in [0.1, 0.15) is 0 Å². The van der Waals surface area contributed by atoms with Crippen LogP contribution in [0.15, 0.2) is 76.5 Å². The fraction of sp³-hybridized carbons (Fsp3) is 0.308. The number of hydrogen-bond acceptors (Lipinski definition) is 2. The molecule has 0 spiro atoms. The van der Waals surface area contributed by atoms with Gasteiger partial charge in [-0.2, -0.15) is 10.0 Å². The minimum atomic E-state index is -1.11. The van der Waals surface area contributed by atoms with Crippen LogP contribution in [0, 0.1) is 0 Å². The second kappa shape index (κ2) is 6.50. The summed E-state index contributed by atoms with van der Waals surface area (Å²) < 4.78 is 12.9. The van der Waals surface area contributed by atoms with Crippen LogP contribution < -0.4 is 5.46 Å². The topological polar surface area (TPSA) is 18.5 Å². The standard InChI is InChI=1S/C26H29BO2S/c1-25(2)26(3,4)29-27(28-25)19-16-21(18-12-8-7-9-13-18)24-22(17-19)20-14-10-11-15-23(20)30(24,5)6/h7-17H,1-6H3. The van der Waals surface area contributed by atoms with Crippen LogP contribution in [0.1, 0.15) is 27.7 Å². The predicted octanol–water partition coefficient (Wildman–Crippen LogP) is 6.12. The molecule has 3 aromatic rings. The highest BCUT2D eigenvalue weighted by Gasteiger charge is 2.52. The molecule has 1 saturated heterocycles. The van der Waals surface area contributed by atoms with E-state index in [0.717, 1.165) is 5.46 Å². The van der Waals surface area contributed by atoms with Crippen molar-refractivity contribution in [2.24, 2.45) is 0 Å². The predicted molar refractivity (Wildman–Crippen MR) is 129 cm³/mol. The first-order valence-electron chi connectivity index (χ1n) is 10.5. The average molecular weight is 416 g/mol. The van der Waals surface area contributed by atoms with E-state index in [4.69, 9.17) is 9.31 Å². The molecule has 154 valence electrons. The first-order valence-corrected chi connectivity index (χ1v) is 13.0. The Bertz CT molecular complexity index is 1120. The van der Waals surface area contributed by atoms with Gasteiger partial charge in [-0.15, -0.1) is 0 Å². The molecular weight excluding hydrogens is 387 g/mol. The Hall–Kier alpha value is -2.01. The third-order valence-corrected chi connectivity index (χ3v) is 9.87. The SMILES string of the molecule is CC1(C)OB(c2cc(-c3ccccc3)c3c(c2)-c2ccccc2S3(C)C)OC1(C)C. The van der Waals surface area contributed by atoms with Crippen molar-refractivity contribution >= 4 is 22.6 Å². The van der Waals surface area contributed by atoms with Crippen LogP contribution in [0.3, 0.4) is 0 Å². The van der Waals surface area contributed by atoms with Gasteiger partial charge in [-0.05, 0) is 74.0 Å². The molecule has 0 saturated carbocycles. The van der Waals surface area contributed by atoms with Crippen molar-refractivity contribution in [3.8, 4) is 22.3 Å². The second-order valence-corrected chi connectivity index (χ2v) is 13.2. The van der Waals surface area contributed by atoms with Gasteiger partial charge in [-0.25, -0.2) is 0 Å². The number of fused-ring (bicyclic) bond motifs is 3. The lowest BCUT2D eigenvalue weighted by Gasteiger charge is -2.32. The quantitative estimate of drug-likeness (QED) is 0.469. The summed E-state index contributed by atoms with van der Waals surface area (Å²) in [6, 6.07) is 24.2. The zero-order valence-corrected chi connectivity index (χ0v) is 19.5. The Morgan fingerprint density at radius 2 is 1.27 bits per heavy atom. The molecule has 4 heteroatoms. The van der Waals surface area contributed by atoms with Gasteiger partial charge < -0.3 is 9.31 Å². The van der Waals surface area contributed by atoms with Crippen molar-refractivity contribution in [3.05, 3.63) is 66.7 Å². The third-order valence-electron chi connectivity index (χ3n) is 6.96. The van der Waals surface area contributed by atoms with Gasteiger partial charge in [0.15, 0.2) is 0 Å². The van der Waals surface area contributed by atoms with Gasteiger partial charge >= 0.3 is 7.12 Å². The van der Waals surface area contributed by atoms with E-state index < -0.39 is 10.0 Å². The number of rotatable bonds is 2. The molecule has 0 unspecified atom stereocenters. The molecule has 0 atom stereocenters. The molecule has 30 heavy (non-hydrogen) atoms. The maximum Gasteiger partial charge on any atom is 0.494 e. The van der Waals surface area contributed by atoms with Gasteiger partial charge in [0, 0.05) is 9.79 Å². The van der Waals surface area contributed by atoms with Crippen molar-refractivity contribution < 1.29 is 9.31 Å². The van der Waals surface area contributed by atoms with Crippen LogP contribution in [-0.2, 0) is 9.31 Å². The molecular formula is C26H29BO2S. The molecule has 2 aliphatic heterocycles. The molecule has 0 aromatic heterocycles. The Labute approximate surface area is 182 Å². The van der Waals surface area contributed by atoms with E-state index in [9.17, 15) is 0 Å². The lowest BCUT2D eigenvalue weighted by atomic mass is 9.76. The van der Waals surface area contributed by atoms with E-state index in [1.165, 1.54) is 32.0 Å². The maximum atomic E-state index is 6.43. The first-order chi connectivity index (χ1) is 14.1. The van der Waals surface area contributed by atoms with Gasteiger partial charge in [0.25, 0.3) is 0 Å². The summed E-state index contributed by atoms with van der Waals surface area (Å²) in [5.41, 5.74) is 5.62. The molecule has 5 rings (SSSR count). The van der Waals surface area contributed by atoms with Crippen LogP contribution in [0.2, 0.25) is 0 Å². The summed E-state index contributed by atoms with van der Waals surface area (Å²) in [5.74, 6) is 0. The van der Waals surface area contributed by atoms with Crippen molar-refractivity contribution in [3.63, 3.8) is 0 Å². The lowest BCUT2D eigenvalue weighted by Crippen LogP contribution is -2.41. The normalized spacial score (nSPS) is 21.2. The summed E-state index contributed by atoms with van der Waals surface area (Å²) >= 11 is 0. The Morgan fingerprint density at radius 3 is 1.93 bits per heavy atom. The zero-order valence-electron chi connectivity index (χ0n) is 18.7. The summed E-state index contributed by atoms with van der Waals surface area (Å²) in [4.78, 5) is 2.93. The minimum Gasteiger partial charge on any atom is -0.399 e. The maximum absolute atomic E-state index is 6.43. The van der Waals surface area contributed by atoms with Crippen molar-refractivity contribution in [2.45, 2.75) is 48.7 Å². The van der Waals surface area contributed by atoms with Crippen molar-refractivity contribution in [2.75, 3.05) is 12.5 Å². The summed E-state index contributed by atoms with van der Waals surface area (Å²) in [6.45, 7) is 8.45. The van der Waals surface area contributed by atoms with E-state index in [1.807, 2.05) is 0 Å². The molecule has 0 N–H and O–H groups in total. The number of hydrogen-bond donors (Lipinski definition) is 0. The van der Waals surface area contributed by atoms with E-state index in [0.29, 0.717) is 0 Å². The highest BCUT2D eigenvalue weighted by atomic mass is 32.3. The largest absolute Gasteiger partial charge is 0.494 e. The van der Waals surface area contributed by atoms with Crippen LogP contribution in [0.5, 0.6) is 0 Å². The zero-order chi connectivity index (χ0) is 21.3. The van der Waals surface area contributed by atoms with E-state index in [2.05, 4.69) is 107 Å². The smallest absolute Gasteiger partial charge is 0.399 e. The number of benzene rings is 3. The van der Waals surface area contributed by atoms with E-state index in [1.54, 1.807) is 0 Å². The molecule has 3 aromatic carbocycles. The van der Waals surface area contributed by atoms with E-state index in [-0.39, 0.29) is 18.3 Å². The van der Waals surface area contributed by atoms with Crippen LogP contribution >= 0.6 is 10.0 Å². The molecule has 2 heterocycles. The van der Waals surface area contributed by atoms with Gasteiger partial charge in [0.05, 0.1) is 11.2 Å². The fourth-order valence-corrected chi connectivity index (χ4v) is 7.40. The van der Waals surface area contributed by atoms with Crippen LogP contribution in [0.4, 0.5) is 0 Å². The second-order valence-electron chi connectivity index (χ2n) is 9.72. The molecule has 2 nitrogen and oxygen atoms in total. The molecule has 0 amide bonds. The Kier molecular flexibility index (Phi) is 4.31. The third kappa shape index (κ3) is 2.81. The molecule has 0 bridgehead atoms. The highest BCUT2D eigenvalue weighted by Crippen LogP contribution is 2.69. The van der Waals surface area contributed by atoms with Crippen molar-refractivity contribution in [1.82, 2.24) is 0 Å². The van der Waals surface area contributed by atoms with Crippen LogP contribution in [-0.4, -0.2) is 30.8 Å². The first kappa shape index (κ1) is 19.9. The Balaban J connectivity index is 1.76. The average Bonchev–Trinajstić information content (AvgIpc) is 3.08. The summed E-state index contributed by atoms with van der Waals surface area (Å²) in [7, 11) is -1.48.